The fourth-order valence-corrected chi connectivity index (χ4v) is 1.93. The SMILES string of the molecule is CCN(Cc1nnc(-c2ccco2)o1)C1CC1. The Hall–Kier alpha value is -1.62. The maximum atomic E-state index is 5.58. The highest BCUT2D eigenvalue weighted by Gasteiger charge is 2.29. The monoisotopic (exact) mass is 233 g/mol. The average Bonchev–Trinajstić information content (AvgIpc) is 2.88. The molecule has 1 aliphatic carbocycles. The van der Waals surface area contributed by atoms with Crippen LogP contribution >= 0.6 is 0 Å². The lowest BCUT2D eigenvalue weighted by Crippen LogP contribution is -2.25. The normalized spacial score (nSPS) is 15.6. The predicted octanol–water partition coefficient (Wildman–Crippen LogP) is 2.31. The van der Waals surface area contributed by atoms with Crippen molar-refractivity contribution >= 4 is 0 Å². The molecule has 0 radical (unpaired) electrons. The zero-order chi connectivity index (χ0) is 11.7. The van der Waals surface area contributed by atoms with Gasteiger partial charge in [0.2, 0.25) is 5.89 Å². The molecule has 5 heteroatoms. The minimum atomic E-state index is 0.455. The molecule has 0 bridgehead atoms. The fourth-order valence-electron chi connectivity index (χ4n) is 1.93. The highest BCUT2D eigenvalue weighted by atomic mass is 16.4. The van der Waals surface area contributed by atoms with Crippen molar-refractivity contribution in [1.29, 1.82) is 0 Å². The summed E-state index contributed by atoms with van der Waals surface area (Å²) in [6.45, 7) is 3.90. The summed E-state index contributed by atoms with van der Waals surface area (Å²) in [5, 5.41) is 8.04. The zero-order valence-corrected chi connectivity index (χ0v) is 9.80. The first kappa shape index (κ1) is 10.5. The van der Waals surface area contributed by atoms with Crippen molar-refractivity contribution in [2.45, 2.75) is 32.4 Å². The van der Waals surface area contributed by atoms with Crippen molar-refractivity contribution in [2.75, 3.05) is 6.54 Å². The largest absolute Gasteiger partial charge is 0.459 e. The van der Waals surface area contributed by atoms with Crippen LogP contribution in [-0.4, -0.2) is 27.7 Å². The lowest BCUT2D eigenvalue weighted by molar-refractivity contribution is 0.241. The minimum absolute atomic E-state index is 0.455. The molecule has 0 N–H and O–H groups in total. The predicted molar refractivity (Wildman–Crippen MR) is 61.1 cm³/mol. The van der Waals surface area contributed by atoms with E-state index in [1.165, 1.54) is 12.8 Å². The second-order valence-corrected chi connectivity index (χ2v) is 4.27. The van der Waals surface area contributed by atoms with Gasteiger partial charge in [0.1, 0.15) is 0 Å². The van der Waals surface area contributed by atoms with E-state index in [-0.39, 0.29) is 0 Å². The van der Waals surface area contributed by atoms with Gasteiger partial charge in [0.15, 0.2) is 5.76 Å². The zero-order valence-electron chi connectivity index (χ0n) is 9.80. The lowest BCUT2D eigenvalue weighted by Gasteiger charge is -2.16. The van der Waals surface area contributed by atoms with Crippen molar-refractivity contribution in [3.05, 3.63) is 24.3 Å². The van der Waals surface area contributed by atoms with Gasteiger partial charge < -0.3 is 8.83 Å². The maximum absolute atomic E-state index is 5.58. The summed E-state index contributed by atoms with van der Waals surface area (Å²) in [7, 11) is 0. The van der Waals surface area contributed by atoms with E-state index in [9.17, 15) is 0 Å². The van der Waals surface area contributed by atoms with Crippen molar-refractivity contribution in [3.63, 3.8) is 0 Å². The summed E-state index contributed by atoms with van der Waals surface area (Å²) >= 11 is 0. The molecule has 1 saturated carbocycles. The molecule has 0 spiro atoms. The Bertz CT molecular complexity index is 474. The summed E-state index contributed by atoms with van der Waals surface area (Å²) in [5.41, 5.74) is 0. The van der Waals surface area contributed by atoms with Gasteiger partial charge in [-0.2, -0.15) is 0 Å². The fraction of sp³-hybridized carbons (Fsp3) is 0.500. The van der Waals surface area contributed by atoms with Crippen LogP contribution < -0.4 is 0 Å². The van der Waals surface area contributed by atoms with E-state index in [2.05, 4.69) is 22.0 Å². The van der Waals surface area contributed by atoms with Gasteiger partial charge in [0, 0.05) is 6.04 Å². The van der Waals surface area contributed by atoms with Crippen LogP contribution in [-0.2, 0) is 6.54 Å². The van der Waals surface area contributed by atoms with E-state index in [1.807, 2.05) is 12.1 Å². The Morgan fingerprint density at radius 1 is 1.41 bits per heavy atom. The maximum Gasteiger partial charge on any atom is 0.283 e. The van der Waals surface area contributed by atoms with Crippen LogP contribution in [0.25, 0.3) is 11.7 Å². The molecule has 1 fully saturated rings. The lowest BCUT2D eigenvalue weighted by atomic mass is 10.4. The van der Waals surface area contributed by atoms with Crippen molar-refractivity contribution in [2.24, 2.45) is 0 Å². The molecule has 0 amide bonds. The minimum Gasteiger partial charge on any atom is -0.459 e. The molecule has 0 unspecified atom stereocenters. The van der Waals surface area contributed by atoms with Crippen molar-refractivity contribution in [1.82, 2.24) is 15.1 Å². The summed E-state index contributed by atoms with van der Waals surface area (Å²) < 4.78 is 10.8. The summed E-state index contributed by atoms with van der Waals surface area (Å²) in [6, 6.07) is 4.33. The molecule has 0 aromatic carbocycles. The molecule has 90 valence electrons. The van der Waals surface area contributed by atoms with Gasteiger partial charge >= 0.3 is 0 Å². The molecule has 0 saturated heterocycles. The third-order valence-corrected chi connectivity index (χ3v) is 3.01. The number of hydrogen-bond acceptors (Lipinski definition) is 5. The van der Waals surface area contributed by atoms with Crippen LogP contribution in [0, 0.1) is 0 Å². The smallest absolute Gasteiger partial charge is 0.283 e. The van der Waals surface area contributed by atoms with Gasteiger partial charge in [-0.05, 0) is 31.5 Å². The molecule has 0 atom stereocenters. The molecule has 1 aliphatic rings. The van der Waals surface area contributed by atoms with Crippen LogP contribution in [0.4, 0.5) is 0 Å². The van der Waals surface area contributed by atoms with Gasteiger partial charge in [-0.1, -0.05) is 6.92 Å². The van der Waals surface area contributed by atoms with Crippen LogP contribution in [0.15, 0.2) is 27.2 Å². The van der Waals surface area contributed by atoms with Gasteiger partial charge in [-0.3, -0.25) is 4.90 Å². The molecule has 5 nitrogen and oxygen atoms in total. The Balaban J connectivity index is 1.71. The Kier molecular flexibility index (Phi) is 2.68. The van der Waals surface area contributed by atoms with E-state index < -0.39 is 0 Å². The van der Waals surface area contributed by atoms with Gasteiger partial charge in [0.25, 0.3) is 5.89 Å². The second-order valence-electron chi connectivity index (χ2n) is 4.27. The van der Waals surface area contributed by atoms with Crippen molar-refractivity contribution in [3.8, 4) is 11.7 Å². The quantitative estimate of drug-likeness (QED) is 0.793. The molecule has 2 aromatic heterocycles. The number of rotatable bonds is 5. The number of hydrogen-bond donors (Lipinski definition) is 0. The van der Waals surface area contributed by atoms with Gasteiger partial charge in [-0.25, -0.2) is 0 Å². The van der Waals surface area contributed by atoms with E-state index in [0.29, 0.717) is 23.6 Å². The standard InChI is InChI=1S/C12H15N3O2/c1-2-15(9-5-6-9)8-11-13-14-12(17-11)10-4-3-7-16-10/h3-4,7,9H,2,5-6,8H2,1H3. The third kappa shape index (κ3) is 2.24. The molecule has 3 rings (SSSR count). The van der Waals surface area contributed by atoms with Gasteiger partial charge in [-0.15, -0.1) is 10.2 Å². The Labute approximate surface area is 99.4 Å². The highest BCUT2D eigenvalue weighted by molar-refractivity contribution is 5.42. The van der Waals surface area contributed by atoms with E-state index >= 15 is 0 Å². The van der Waals surface area contributed by atoms with Crippen LogP contribution in [0.2, 0.25) is 0 Å². The number of furan rings is 1. The van der Waals surface area contributed by atoms with E-state index in [4.69, 9.17) is 8.83 Å². The summed E-state index contributed by atoms with van der Waals surface area (Å²) in [6.07, 6.45) is 4.17. The number of aromatic nitrogens is 2. The van der Waals surface area contributed by atoms with E-state index in [1.54, 1.807) is 6.26 Å². The molecule has 17 heavy (non-hydrogen) atoms. The third-order valence-electron chi connectivity index (χ3n) is 3.01. The molecular formula is C12H15N3O2. The van der Waals surface area contributed by atoms with Gasteiger partial charge in [0.05, 0.1) is 12.8 Å². The molecule has 0 aliphatic heterocycles. The Morgan fingerprint density at radius 3 is 2.94 bits per heavy atom. The highest BCUT2D eigenvalue weighted by Crippen LogP contribution is 2.28. The van der Waals surface area contributed by atoms with Crippen molar-refractivity contribution < 1.29 is 8.83 Å². The van der Waals surface area contributed by atoms with Crippen LogP contribution in [0.3, 0.4) is 0 Å². The van der Waals surface area contributed by atoms with E-state index in [0.717, 1.165) is 13.1 Å². The molecular weight excluding hydrogens is 218 g/mol. The van der Waals surface area contributed by atoms with Crippen LogP contribution in [0.1, 0.15) is 25.7 Å². The number of nitrogens with zero attached hydrogens (tertiary/aromatic N) is 3. The first-order chi connectivity index (χ1) is 8.36. The average molecular weight is 233 g/mol. The first-order valence-electron chi connectivity index (χ1n) is 5.97. The van der Waals surface area contributed by atoms with Crippen LogP contribution in [0.5, 0.6) is 0 Å². The first-order valence-corrected chi connectivity index (χ1v) is 5.97. The topological polar surface area (TPSA) is 55.3 Å². The second kappa shape index (κ2) is 4.33. The molecule has 2 aromatic rings. The molecule has 2 heterocycles. The Morgan fingerprint density at radius 2 is 2.29 bits per heavy atom. The summed E-state index contributed by atoms with van der Waals surface area (Å²) in [4.78, 5) is 2.36. The summed E-state index contributed by atoms with van der Waals surface area (Å²) in [5.74, 6) is 1.74.